The third-order valence-electron chi connectivity index (χ3n) is 3.23. The molecular formula is C16H22ClN3O3. The topological polar surface area (TPSA) is 79.5 Å². The Labute approximate surface area is 142 Å². The minimum Gasteiger partial charge on any atom is -0.484 e. The molecule has 1 aliphatic rings. The first-order valence-electron chi connectivity index (χ1n) is 7.34. The van der Waals surface area contributed by atoms with Gasteiger partial charge in [-0.3, -0.25) is 9.59 Å². The smallest absolute Gasteiger partial charge is 0.258 e. The number of ether oxygens (including phenoxy) is 1. The highest BCUT2D eigenvalue weighted by Gasteiger charge is 2.08. The van der Waals surface area contributed by atoms with Crippen LogP contribution in [0.3, 0.4) is 0 Å². The van der Waals surface area contributed by atoms with Crippen molar-refractivity contribution in [2.45, 2.75) is 6.42 Å². The molecular weight excluding hydrogens is 318 g/mol. The number of amides is 2. The van der Waals surface area contributed by atoms with Crippen molar-refractivity contribution in [1.82, 2.24) is 16.0 Å². The van der Waals surface area contributed by atoms with Gasteiger partial charge in [-0.25, -0.2) is 0 Å². The Hall–Kier alpha value is -2.05. The number of benzene rings is 1. The van der Waals surface area contributed by atoms with Crippen LogP contribution < -0.4 is 20.7 Å². The molecule has 6 nitrogen and oxygen atoms in total. The van der Waals surface area contributed by atoms with Crippen LogP contribution in [0.2, 0.25) is 0 Å². The molecule has 7 heteroatoms. The van der Waals surface area contributed by atoms with Crippen LogP contribution in [0.15, 0.2) is 42.0 Å². The normalized spacial score (nSPS) is 13.3. The highest BCUT2D eigenvalue weighted by atomic mass is 35.5. The van der Waals surface area contributed by atoms with Crippen molar-refractivity contribution in [3.05, 3.63) is 42.0 Å². The lowest BCUT2D eigenvalue weighted by Gasteiger charge is -2.14. The standard InChI is InChI=1S/C16H21N3O3.ClH/c20-15(18-10-13-6-8-17-9-7-13)11-19-16(21)12-22-14-4-2-1-3-5-14;/h1-6,17H,7-12H2,(H,18,20)(H,19,21);1H. The Morgan fingerprint density at radius 1 is 1.13 bits per heavy atom. The van der Waals surface area contributed by atoms with E-state index < -0.39 is 0 Å². The lowest BCUT2D eigenvalue weighted by molar-refractivity contribution is -0.127. The van der Waals surface area contributed by atoms with Gasteiger partial charge in [-0.05, 0) is 25.1 Å². The zero-order chi connectivity index (χ0) is 15.6. The maximum atomic E-state index is 11.7. The van der Waals surface area contributed by atoms with E-state index in [2.05, 4.69) is 22.0 Å². The summed E-state index contributed by atoms with van der Waals surface area (Å²) in [6.07, 6.45) is 3.02. The molecule has 0 spiro atoms. The summed E-state index contributed by atoms with van der Waals surface area (Å²) < 4.78 is 5.30. The Morgan fingerprint density at radius 2 is 1.91 bits per heavy atom. The van der Waals surface area contributed by atoms with E-state index in [1.54, 1.807) is 12.1 Å². The number of carbonyl (C=O) groups is 2. The third kappa shape index (κ3) is 7.67. The maximum absolute atomic E-state index is 11.7. The second kappa shape index (κ2) is 10.6. The Morgan fingerprint density at radius 3 is 2.61 bits per heavy atom. The average molecular weight is 340 g/mol. The molecule has 1 heterocycles. The number of para-hydroxylation sites is 1. The van der Waals surface area contributed by atoms with Crippen LogP contribution in [0.25, 0.3) is 0 Å². The third-order valence-corrected chi connectivity index (χ3v) is 3.23. The van der Waals surface area contributed by atoms with E-state index in [9.17, 15) is 9.59 Å². The molecule has 0 radical (unpaired) electrons. The molecule has 0 aromatic heterocycles. The first-order valence-corrected chi connectivity index (χ1v) is 7.34. The zero-order valence-corrected chi connectivity index (χ0v) is 13.7. The average Bonchev–Trinajstić information content (AvgIpc) is 2.58. The molecule has 0 saturated carbocycles. The molecule has 126 valence electrons. The summed E-state index contributed by atoms with van der Waals surface area (Å²) in [4.78, 5) is 23.2. The molecule has 0 saturated heterocycles. The van der Waals surface area contributed by atoms with Crippen molar-refractivity contribution in [2.75, 3.05) is 32.8 Å². The van der Waals surface area contributed by atoms with Crippen molar-refractivity contribution in [3.8, 4) is 5.75 Å². The van der Waals surface area contributed by atoms with Crippen LogP contribution in [0, 0.1) is 0 Å². The van der Waals surface area contributed by atoms with E-state index in [1.807, 2.05) is 18.2 Å². The van der Waals surface area contributed by atoms with Crippen LogP contribution in [-0.4, -0.2) is 44.6 Å². The first-order chi connectivity index (χ1) is 10.7. The van der Waals surface area contributed by atoms with Gasteiger partial charge in [0.15, 0.2) is 6.61 Å². The highest BCUT2D eigenvalue weighted by molar-refractivity contribution is 5.85. The fraction of sp³-hybridized carbons (Fsp3) is 0.375. The van der Waals surface area contributed by atoms with E-state index >= 15 is 0 Å². The lowest BCUT2D eigenvalue weighted by Crippen LogP contribution is -2.40. The molecule has 0 unspecified atom stereocenters. The fourth-order valence-electron chi connectivity index (χ4n) is 2.00. The van der Waals surface area contributed by atoms with Crippen LogP contribution in [-0.2, 0) is 9.59 Å². The lowest BCUT2D eigenvalue weighted by atomic mass is 10.1. The van der Waals surface area contributed by atoms with Gasteiger partial charge in [0.25, 0.3) is 5.91 Å². The van der Waals surface area contributed by atoms with E-state index in [1.165, 1.54) is 5.57 Å². The monoisotopic (exact) mass is 339 g/mol. The Balaban J connectivity index is 0.00000264. The number of hydrogen-bond acceptors (Lipinski definition) is 4. The number of hydrogen-bond donors (Lipinski definition) is 3. The molecule has 0 fully saturated rings. The van der Waals surface area contributed by atoms with Crippen LogP contribution in [0.1, 0.15) is 6.42 Å². The quantitative estimate of drug-likeness (QED) is 0.637. The van der Waals surface area contributed by atoms with Gasteiger partial charge in [0.2, 0.25) is 5.91 Å². The van der Waals surface area contributed by atoms with Crippen LogP contribution in [0.4, 0.5) is 0 Å². The van der Waals surface area contributed by atoms with Crippen molar-refractivity contribution in [1.29, 1.82) is 0 Å². The molecule has 0 atom stereocenters. The molecule has 1 aromatic carbocycles. The molecule has 0 aliphatic carbocycles. The predicted octanol–water partition coefficient (Wildman–Crippen LogP) is 0.639. The zero-order valence-electron chi connectivity index (χ0n) is 12.8. The van der Waals surface area contributed by atoms with Crippen molar-refractivity contribution >= 4 is 24.2 Å². The van der Waals surface area contributed by atoms with Gasteiger partial charge < -0.3 is 20.7 Å². The molecule has 2 amide bonds. The maximum Gasteiger partial charge on any atom is 0.258 e. The first kappa shape index (κ1) is 19.0. The van der Waals surface area contributed by atoms with E-state index in [-0.39, 0.29) is 37.4 Å². The van der Waals surface area contributed by atoms with Gasteiger partial charge in [0, 0.05) is 13.1 Å². The predicted molar refractivity (Wildman–Crippen MR) is 90.8 cm³/mol. The van der Waals surface area contributed by atoms with Gasteiger partial charge in [-0.15, -0.1) is 12.4 Å². The Bertz CT molecular complexity index is 535. The van der Waals surface area contributed by atoms with Gasteiger partial charge in [0.1, 0.15) is 5.75 Å². The SMILES string of the molecule is Cl.O=C(CNC(=O)COc1ccccc1)NCC1=CCNCC1. The van der Waals surface area contributed by atoms with Crippen LogP contribution >= 0.6 is 12.4 Å². The summed E-state index contributed by atoms with van der Waals surface area (Å²) in [6.45, 7) is 2.18. The minimum atomic E-state index is -0.319. The number of nitrogens with one attached hydrogen (secondary N) is 3. The van der Waals surface area contributed by atoms with E-state index in [0.29, 0.717) is 12.3 Å². The molecule has 2 rings (SSSR count). The summed E-state index contributed by atoms with van der Waals surface area (Å²) in [5.74, 6) is 0.104. The van der Waals surface area contributed by atoms with Crippen LogP contribution in [0.5, 0.6) is 5.75 Å². The summed E-state index contributed by atoms with van der Waals surface area (Å²) in [6, 6.07) is 9.07. The minimum absolute atomic E-state index is 0. The molecule has 3 N–H and O–H groups in total. The summed E-state index contributed by atoms with van der Waals surface area (Å²) in [5.41, 5.74) is 1.21. The van der Waals surface area contributed by atoms with Crippen molar-refractivity contribution in [2.24, 2.45) is 0 Å². The van der Waals surface area contributed by atoms with Gasteiger partial charge in [0.05, 0.1) is 6.54 Å². The second-order valence-corrected chi connectivity index (χ2v) is 4.97. The second-order valence-electron chi connectivity index (χ2n) is 4.97. The number of carbonyl (C=O) groups excluding carboxylic acids is 2. The fourth-order valence-corrected chi connectivity index (χ4v) is 2.00. The molecule has 23 heavy (non-hydrogen) atoms. The van der Waals surface area contributed by atoms with E-state index in [0.717, 1.165) is 19.5 Å². The Kier molecular flexibility index (Phi) is 8.79. The molecule has 0 bridgehead atoms. The number of halogens is 1. The summed E-state index contributed by atoms with van der Waals surface area (Å²) >= 11 is 0. The largest absolute Gasteiger partial charge is 0.484 e. The summed E-state index contributed by atoms with van der Waals surface area (Å²) in [7, 11) is 0. The van der Waals surface area contributed by atoms with Gasteiger partial charge in [-0.2, -0.15) is 0 Å². The van der Waals surface area contributed by atoms with Gasteiger partial charge >= 0.3 is 0 Å². The van der Waals surface area contributed by atoms with Crippen molar-refractivity contribution < 1.29 is 14.3 Å². The molecule has 1 aromatic rings. The highest BCUT2D eigenvalue weighted by Crippen LogP contribution is 2.07. The van der Waals surface area contributed by atoms with Crippen molar-refractivity contribution in [3.63, 3.8) is 0 Å². The van der Waals surface area contributed by atoms with Gasteiger partial charge in [-0.1, -0.05) is 29.8 Å². The number of rotatable bonds is 7. The van der Waals surface area contributed by atoms with E-state index in [4.69, 9.17) is 4.74 Å². The summed E-state index contributed by atoms with van der Waals surface area (Å²) in [5, 5.41) is 8.53. The molecule has 1 aliphatic heterocycles.